The molecule has 30 heavy (non-hydrogen) atoms. The van der Waals surface area contributed by atoms with Crippen molar-refractivity contribution in [2.45, 2.75) is 51.6 Å². The van der Waals surface area contributed by atoms with Crippen molar-refractivity contribution in [2.75, 3.05) is 32.7 Å². The minimum absolute atomic E-state index is 0.0810. The molecule has 1 saturated heterocycles. The Bertz CT molecular complexity index is 638. The predicted octanol–water partition coefficient (Wildman–Crippen LogP) is 3.79. The van der Waals surface area contributed by atoms with Gasteiger partial charge in [-0.05, 0) is 37.3 Å². The molecule has 2 unspecified atom stereocenters. The van der Waals surface area contributed by atoms with E-state index < -0.39 is 18.6 Å². The summed E-state index contributed by atoms with van der Waals surface area (Å²) in [6, 6.07) is 0. The predicted molar refractivity (Wildman–Crippen MR) is 109 cm³/mol. The number of carboxylic acids is 1. The highest BCUT2D eigenvalue weighted by Crippen LogP contribution is 2.51. The smallest absolute Gasteiger partial charge is 0.390 e. The van der Waals surface area contributed by atoms with Crippen LogP contribution in [0.3, 0.4) is 0 Å². The molecule has 2 aliphatic rings. The number of unbranched alkanes of at least 4 members (excludes halogenated alkanes) is 4. The lowest BCUT2D eigenvalue weighted by molar-refractivity contribution is -0.137. The molecule has 0 radical (unpaired) electrons. The highest BCUT2D eigenvalue weighted by atomic mass is 19.4. The second-order valence-corrected chi connectivity index (χ2v) is 8.46. The summed E-state index contributed by atoms with van der Waals surface area (Å²) in [4.78, 5) is 15.7. The molecule has 0 amide bonds. The maximum absolute atomic E-state index is 12.2. The van der Waals surface area contributed by atoms with Crippen LogP contribution in [0, 0.1) is 17.8 Å². The second-order valence-electron chi connectivity index (χ2n) is 8.46. The quantitative estimate of drug-likeness (QED) is 0.521. The first-order chi connectivity index (χ1) is 14.2. The fraction of sp³-hybridized carbons (Fsp3) is 0.810. The van der Waals surface area contributed by atoms with E-state index in [9.17, 15) is 18.0 Å². The van der Waals surface area contributed by atoms with E-state index in [1.165, 1.54) is 44.6 Å². The summed E-state index contributed by atoms with van der Waals surface area (Å²) in [7, 11) is 1.72. The van der Waals surface area contributed by atoms with Crippen LogP contribution in [0.4, 0.5) is 13.2 Å². The number of nitrogens with zero attached hydrogens (tertiary/aromatic N) is 3. The lowest BCUT2D eigenvalue weighted by atomic mass is 10.1. The van der Waals surface area contributed by atoms with Crippen LogP contribution in [-0.2, 0) is 7.05 Å². The van der Waals surface area contributed by atoms with Crippen LogP contribution in [0.15, 0.2) is 12.5 Å². The molecule has 2 atom stereocenters. The summed E-state index contributed by atoms with van der Waals surface area (Å²) in [5.74, 6) is 1.05. The third kappa shape index (κ3) is 8.63. The number of halogens is 3. The third-order valence-corrected chi connectivity index (χ3v) is 5.92. The van der Waals surface area contributed by atoms with Gasteiger partial charge >= 0.3 is 12.1 Å². The van der Waals surface area contributed by atoms with Crippen LogP contribution < -0.4 is 5.32 Å². The van der Waals surface area contributed by atoms with Gasteiger partial charge in [-0.15, -0.1) is 0 Å². The first kappa shape index (κ1) is 24.7. The van der Waals surface area contributed by atoms with Crippen molar-refractivity contribution >= 4 is 5.97 Å². The lowest BCUT2D eigenvalue weighted by Gasteiger charge is -2.20. The highest BCUT2D eigenvalue weighted by Gasteiger charge is 2.54. The normalized spacial score (nSPS) is 23.0. The molecule has 6 nitrogen and oxygen atoms in total. The molecule has 9 heteroatoms. The average molecular weight is 433 g/mol. The largest absolute Gasteiger partial charge is 0.476 e. The van der Waals surface area contributed by atoms with Crippen molar-refractivity contribution in [3.63, 3.8) is 0 Å². The molecule has 0 bridgehead atoms. The zero-order valence-electron chi connectivity index (χ0n) is 18.0. The molecule has 1 aromatic rings. The van der Waals surface area contributed by atoms with E-state index in [4.69, 9.17) is 5.11 Å². The number of aryl methyl sites for hydroxylation is 1. The van der Waals surface area contributed by atoms with E-state index in [1.807, 2.05) is 4.90 Å². The van der Waals surface area contributed by atoms with E-state index in [2.05, 4.69) is 17.2 Å². The van der Waals surface area contributed by atoms with Crippen LogP contribution in [-0.4, -0.2) is 64.4 Å². The first-order valence-corrected chi connectivity index (χ1v) is 10.9. The van der Waals surface area contributed by atoms with Gasteiger partial charge in [0.25, 0.3) is 0 Å². The van der Waals surface area contributed by atoms with Crippen molar-refractivity contribution in [2.24, 2.45) is 24.8 Å². The van der Waals surface area contributed by atoms with Crippen molar-refractivity contribution < 1.29 is 23.1 Å². The number of carboxylic acid groups (broad SMARTS) is 1. The molecule has 1 saturated carbocycles. The van der Waals surface area contributed by atoms with Gasteiger partial charge in [-0.25, -0.2) is 9.78 Å². The Morgan fingerprint density at radius 1 is 1.23 bits per heavy atom. The number of hydrogen-bond donors (Lipinski definition) is 2. The van der Waals surface area contributed by atoms with Gasteiger partial charge in [0.15, 0.2) is 5.69 Å². The van der Waals surface area contributed by atoms with Gasteiger partial charge in [0.2, 0.25) is 0 Å². The number of fused-ring (bicyclic) bond motifs is 1. The molecular formula is C21H35F3N4O2. The Labute approximate surface area is 176 Å². The second kappa shape index (κ2) is 11.7. The van der Waals surface area contributed by atoms with E-state index in [1.54, 1.807) is 11.6 Å². The minimum Gasteiger partial charge on any atom is -0.476 e. The number of aromatic carboxylic acids is 1. The monoisotopic (exact) mass is 432 g/mol. The fourth-order valence-electron chi connectivity index (χ4n) is 4.15. The van der Waals surface area contributed by atoms with Crippen molar-refractivity contribution in [3.8, 4) is 0 Å². The average Bonchev–Trinajstić information content (AvgIpc) is 3.03. The number of aromatic nitrogens is 2. The SMILES string of the molecule is CCCCCCCNCC1C2CN(CCC(F)(F)F)CC12.Cn1cnc(C(=O)O)c1. The molecule has 2 fully saturated rings. The number of carbonyl (C=O) groups is 1. The number of piperidine rings is 1. The van der Waals surface area contributed by atoms with E-state index >= 15 is 0 Å². The Balaban J connectivity index is 0.000000297. The molecule has 172 valence electrons. The number of alkyl halides is 3. The zero-order chi connectivity index (χ0) is 22.1. The Kier molecular flexibility index (Phi) is 9.61. The van der Waals surface area contributed by atoms with Gasteiger partial charge in [-0.2, -0.15) is 13.2 Å². The molecule has 2 N–H and O–H groups in total. The lowest BCUT2D eigenvalue weighted by Crippen LogP contribution is -2.31. The summed E-state index contributed by atoms with van der Waals surface area (Å²) in [5.41, 5.74) is 0.0810. The molecule has 1 aromatic heterocycles. The molecular weight excluding hydrogens is 397 g/mol. The first-order valence-electron chi connectivity index (χ1n) is 10.9. The maximum Gasteiger partial charge on any atom is 0.390 e. The molecule has 1 aliphatic heterocycles. The Morgan fingerprint density at radius 3 is 2.40 bits per heavy atom. The Morgan fingerprint density at radius 2 is 1.90 bits per heavy atom. The van der Waals surface area contributed by atoms with Gasteiger partial charge < -0.3 is 19.9 Å². The van der Waals surface area contributed by atoms with E-state index in [0.717, 1.165) is 32.1 Å². The summed E-state index contributed by atoms with van der Waals surface area (Å²) in [6.07, 6.45) is 4.74. The van der Waals surface area contributed by atoms with E-state index in [-0.39, 0.29) is 12.2 Å². The Hall–Kier alpha value is -1.61. The third-order valence-electron chi connectivity index (χ3n) is 5.92. The summed E-state index contributed by atoms with van der Waals surface area (Å²) < 4.78 is 38.1. The van der Waals surface area contributed by atoms with Gasteiger partial charge in [-0.3, -0.25) is 0 Å². The molecule has 0 aromatic carbocycles. The minimum atomic E-state index is -4.01. The number of nitrogens with one attached hydrogen (secondary N) is 1. The van der Waals surface area contributed by atoms with Crippen LogP contribution in [0.2, 0.25) is 0 Å². The number of imidazole rings is 1. The number of rotatable bonds is 11. The highest BCUT2D eigenvalue weighted by molar-refractivity contribution is 5.84. The maximum atomic E-state index is 12.2. The van der Waals surface area contributed by atoms with E-state index in [0.29, 0.717) is 11.8 Å². The fourth-order valence-corrected chi connectivity index (χ4v) is 4.15. The summed E-state index contributed by atoms with van der Waals surface area (Å²) >= 11 is 0. The van der Waals surface area contributed by atoms with Crippen LogP contribution in [0.1, 0.15) is 55.9 Å². The molecule has 3 rings (SSSR count). The number of hydrogen-bond acceptors (Lipinski definition) is 4. The van der Waals surface area contributed by atoms with Crippen LogP contribution in [0.25, 0.3) is 0 Å². The topological polar surface area (TPSA) is 70.4 Å². The summed E-state index contributed by atoms with van der Waals surface area (Å²) in [6.45, 7) is 6.33. The number of likely N-dealkylation sites (tertiary alicyclic amines) is 1. The van der Waals surface area contributed by atoms with Crippen molar-refractivity contribution in [1.82, 2.24) is 19.8 Å². The molecule has 1 aliphatic carbocycles. The molecule has 2 heterocycles. The molecule has 0 spiro atoms. The standard InChI is InChI=1S/C16H29F3N2.C5H6N2O2/c1-2-3-4-5-6-8-20-10-13-14-11-21(12-15(13)14)9-7-16(17,18)19;1-7-2-4(5(8)9)6-3-7/h13-15,20H,2-12H2,1H3;2-3H,1H3,(H,8,9). The summed E-state index contributed by atoms with van der Waals surface area (Å²) in [5, 5.41) is 11.8. The van der Waals surface area contributed by atoms with Crippen LogP contribution in [0.5, 0.6) is 0 Å². The van der Waals surface area contributed by atoms with Gasteiger partial charge in [0.1, 0.15) is 0 Å². The van der Waals surface area contributed by atoms with Crippen molar-refractivity contribution in [3.05, 3.63) is 18.2 Å². The zero-order valence-corrected chi connectivity index (χ0v) is 18.0. The van der Waals surface area contributed by atoms with Crippen molar-refractivity contribution in [1.29, 1.82) is 0 Å². The van der Waals surface area contributed by atoms with Gasteiger partial charge in [0, 0.05) is 32.9 Å². The van der Waals surface area contributed by atoms with Gasteiger partial charge in [0.05, 0.1) is 12.7 Å². The van der Waals surface area contributed by atoms with Gasteiger partial charge in [-0.1, -0.05) is 32.6 Å². The van der Waals surface area contributed by atoms with Crippen LogP contribution >= 0.6 is 0 Å².